The molecule has 24 heavy (non-hydrogen) atoms. The Morgan fingerprint density at radius 1 is 1.12 bits per heavy atom. The molecule has 1 aromatic rings. The van der Waals surface area contributed by atoms with Crippen molar-refractivity contribution in [2.45, 2.75) is 26.4 Å². The number of anilines is 1. The molecule has 0 aliphatic rings. The molecule has 0 radical (unpaired) electrons. The molecule has 1 aromatic carbocycles. The monoisotopic (exact) mass is 339 g/mol. The summed E-state index contributed by atoms with van der Waals surface area (Å²) in [4.78, 5) is 35.2. The van der Waals surface area contributed by atoms with Crippen molar-refractivity contribution >= 4 is 23.7 Å². The number of carboxylic acid groups (broad SMARTS) is 1. The van der Waals surface area contributed by atoms with E-state index in [0.29, 0.717) is 11.4 Å². The average Bonchev–Trinajstić information content (AvgIpc) is 2.49. The first-order chi connectivity index (χ1) is 11.1. The molecule has 0 spiro atoms. The molecule has 1 amide bonds. The summed E-state index contributed by atoms with van der Waals surface area (Å²) in [6, 6.07) is 6.02. The molecule has 0 atom stereocenters. The molecule has 1 N–H and O–H groups in total. The predicted octanol–water partition coefficient (Wildman–Crippen LogP) is 2.06. The Morgan fingerprint density at radius 2 is 1.71 bits per heavy atom. The normalized spacial score (nSPS) is 10.7. The van der Waals surface area contributed by atoms with Crippen LogP contribution in [0.3, 0.4) is 0 Å². The van der Waals surface area contributed by atoms with Crippen molar-refractivity contribution in [3.8, 4) is 5.75 Å². The van der Waals surface area contributed by atoms with Gasteiger partial charge in [-0.25, -0.2) is 9.59 Å². The van der Waals surface area contributed by atoms with Gasteiger partial charge in [-0.1, -0.05) is 0 Å². The Balaban J connectivity index is 2.88. The highest BCUT2D eigenvalue weighted by molar-refractivity contribution is 5.93. The van der Waals surface area contributed by atoms with Gasteiger partial charge >= 0.3 is 18.0 Å². The lowest BCUT2D eigenvalue weighted by Gasteiger charge is -2.26. The summed E-state index contributed by atoms with van der Waals surface area (Å²) in [5.41, 5.74) is -0.422. The molecular weight excluding hydrogens is 318 g/mol. The van der Waals surface area contributed by atoms with Crippen LogP contribution in [0.4, 0.5) is 10.5 Å². The van der Waals surface area contributed by atoms with Crippen LogP contribution < -0.4 is 9.64 Å². The molecule has 0 heterocycles. The summed E-state index contributed by atoms with van der Waals surface area (Å²) >= 11 is 0. The van der Waals surface area contributed by atoms with Gasteiger partial charge in [0, 0.05) is 5.69 Å². The van der Waals surface area contributed by atoms with Crippen molar-refractivity contribution in [3.05, 3.63) is 24.3 Å². The van der Waals surface area contributed by atoms with Gasteiger partial charge < -0.3 is 19.3 Å². The van der Waals surface area contributed by atoms with Gasteiger partial charge in [-0.2, -0.15) is 0 Å². The number of aliphatic carboxylic acids is 1. The lowest BCUT2D eigenvalue weighted by molar-refractivity contribution is -0.143. The first-order valence-electron chi connectivity index (χ1n) is 7.14. The third-order valence-corrected chi connectivity index (χ3v) is 2.64. The van der Waals surface area contributed by atoms with E-state index < -0.39 is 30.2 Å². The summed E-state index contributed by atoms with van der Waals surface area (Å²) in [5, 5.41) is 8.99. The van der Waals surface area contributed by atoms with Crippen LogP contribution >= 0.6 is 0 Å². The van der Waals surface area contributed by atoms with Gasteiger partial charge in [0.25, 0.3) is 0 Å². The van der Waals surface area contributed by atoms with Crippen LogP contribution in [0.2, 0.25) is 0 Å². The minimum absolute atomic E-state index is 0.249. The van der Waals surface area contributed by atoms with Crippen LogP contribution in [0, 0.1) is 0 Å². The zero-order valence-electron chi connectivity index (χ0n) is 14.1. The van der Waals surface area contributed by atoms with Crippen molar-refractivity contribution < 1.29 is 33.7 Å². The Bertz CT molecular complexity index is 589. The van der Waals surface area contributed by atoms with E-state index in [-0.39, 0.29) is 6.61 Å². The minimum atomic E-state index is -1.17. The van der Waals surface area contributed by atoms with E-state index >= 15 is 0 Å². The molecule has 8 nitrogen and oxygen atoms in total. The van der Waals surface area contributed by atoms with E-state index in [9.17, 15) is 14.4 Å². The fourth-order valence-electron chi connectivity index (χ4n) is 1.64. The molecule has 132 valence electrons. The lowest BCUT2D eigenvalue weighted by Crippen LogP contribution is -2.40. The average molecular weight is 339 g/mol. The molecule has 0 saturated carbocycles. The number of carboxylic acids is 1. The molecule has 0 unspecified atom stereocenters. The highest BCUT2D eigenvalue weighted by Crippen LogP contribution is 2.21. The molecule has 0 fully saturated rings. The van der Waals surface area contributed by atoms with E-state index in [0.717, 1.165) is 4.90 Å². The number of carbonyl (C=O) groups is 3. The Kier molecular flexibility index (Phi) is 6.58. The lowest BCUT2D eigenvalue weighted by atomic mass is 10.2. The van der Waals surface area contributed by atoms with Crippen molar-refractivity contribution in [3.63, 3.8) is 0 Å². The molecule has 0 aromatic heterocycles. The smallest absolute Gasteiger partial charge is 0.415 e. The second-order valence-corrected chi connectivity index (χ2v) is 5.82. The minimum Gasteiger partial charge on any atom is -0.482 e. The maximum Gasteiger partial charge on any atom is 0.415 e. The van der Waals surface area contributed by atoms with Gasteiger partial charge in [-0.05, 0) is 45.0 Å². The SMILES string of the molecule is COC(=O)COc1ccc(N(CC(=O)O)C(=O)OC(C)(C)C)cc1. The number of ether oxygens (including phenoxy) is 3. The van der Waals surface area contributed by atoms with E-state index in [1.54, 1.807) is 20.8 Å². The Labute approximate surface area is 139 Å². The van der Waals surface area contributed by atoms with Crippen LogP contribution in [0.5, 0.6) is 5.75 Å². The van der Waals surface area contributed by atoms with Crippen molar-refractivity contribution in [2.24, 2.45) is 0 Å². The number of amides is 1. The van der Waals surface area contributed by atoms with Crippen LogP contribution in [0.1, 0.15) is 20.8 Å². The van der Waals surface area contributed by atoms with Crippen LogP contribution in [0.15, 0.2) is 24.3 Å². The number of hydrogen-bond acceptors (Lipinski definition) is 6. The molecule has 0 saturated heterocycles. The summed E-state index contributed by atoms with van der Waals surface area (Å²) < 4.78 is 14.9. The van der Waals surface area contributed by atoms with Gasteiger partial charge in [0.05, 0.1) is 7.11 Å². The van der Waals surface area contributed by atoms with Gasteiger partial charge in [-0.15, -0.1) is 0 Å². The number of esters is 1. The molecule has 0 aliphatic carbocycles. The highest BCUT2D eigenvalue weighted by atomic mass is 16.6. The number of methoxy groups -OCH3 is 1. The quantitative estimate of drug-likeness (QED) is 0.791. The van der Waals surface area contributed by atoms with Gasteiger partial charge in [0.2, 0.25) is 0 Å². The third kappa shape index (κ3) is 6.55. The number of rotatable bonds is 6. The molecular formula is C16H21NO7. The Hall–Kier alpha value is -2.77. The first kappa shape index (κ1) is 19.3. The number of nitrogens with zero attached hydrogens (tertiary/aromatic N) is 1. The van der Waals surface area contributed by atoms with E-state index in [2.05, 4.69) is 4.74 Å². The number of carbonyl (C=O) groups excluding carboxylic acids is 2. The Morgan fingerprint density at radius 3 is 2.17 bits per heavy atom. The fourth-order valence-corrected chi connectivity index (χ4v) is 1.64. The van der Waals surface area contributed by atoms with Crippen molar-refractivity contribution in [1.82, 2.24) is 0 Å². The van der Waals surface area contributed by atoms with Gasteiger partial charge in [-0.3, -0.25) is 9.69 Å². The topological polar surface area (TPSA) is 102 Å². The molecule has 0 bridgehead atoms. The van der Waals surface area contributed by atoms with Gasteiger partial charge in [0.1, 0.15) is 17.9 Å². The van der Waals surface area contributed by atoms with Crippen LogP contribution in [-0.4, -0.2) is 49.0 Å². The predicted molar refractivity (Wildman–Crippen MR) is 85.2 cm³/mol. The summed E-state index contributed by atoms with van der Waals surface area (Å²) in [7, 11) is 1.25. The van der Waals surface area contributed by atoms with Crippen LogP contribution in [0.25, 0.3) is 0 Å². The summed E-state index contributed by atoms with van der Waals surface area (Å²) in [6.45, 7) is 4.27. The molecule has 1 rings (SSSR count). The number of benzene rings is 1. The van der Waals surface area contributed by atoms with E-state index in [1.807, 2.05) is 0 Å². The zero-order valence-corrected chi connectivity index (χ0v) is 14.1. The standard InChI is InChI=1S/C16H21NO7/c1-16(2,3)24-15(21)17(9-13(18)19)11-5-7-12(8-6-11)23-10-14(20)22-4/h5-8H,9-10H2,1-4H3,(H,18,19). The fraction of sp³-hybridized carbons (Fsp3) is 0.438. The molecule has 8 heteroatoms. The maximum absolute atomic E-state index is 12.2. The van der Waals surface area contributed by atoms with Crippen molar-refractivity contribution in [1.29, 1.82) is 0 Å². The largest absolute Gasteiger partial charge is 0.482 e. The van der Waals surface area contributed by atoms with E-state index in [4.69, 9.17) is 14.6 Å². The maximum atomic E-state index is 12.2. The molecule has 0 aliphatic heterocycles. The van der Waals surface area contributed by atoms with E-state index in [1.165, 1.54) is 31.4 Å². The second kappa shape index (κ2) is 8.19. The third-order valence-electron chi connectivity index (χ3n) is 2.64. The van der Waals surface area contributed by atoms with Crippen molar-refractivity contribution in [2.75, 3.05) is 25.2 Å². The highest BCUT2D eigenvalue weighted by Gasteiger charge is 2.25. The van der Waals surface area contributed by atoms with Crippen LogP contribution in [-0.2, 0) is 19.1 Å². The first-order valence-corrected chi connectivity index (χ1v) is 7.14. The summed E-state index contributed by atoms with van der Waals surface area (Å²) in [6.07, 6.45) is -0.770. The second-order valence-electron chi connectivity index (χ2n) is 5.82. The summed E-state index contributed by atoms with van der Waals surface area (Å²) in [5.74, 6) is -1.32. The van der Waals surface area contributed by atoms with Gasteiger partial charge in [0.15, 0.2) is 6.61 Å². The zero-order chi connectivity index (χ0) is 18.3. The number of hydrogen-bond donors (Lipinski definition) is 1.